The van der Waals surface area contributed by atoms with Gasteiger partial charge in [-0.3, -0.25) is 13.9 Å². The molecular weight excluding hydrogens is 598 g/mol. The third-order valence-electron chi connectivity index (χ3n) is 7.23. The van der Waals surface area contributed by atoms with E-state index in [2.05, 4.69) is 5.32 Å². The summed E-state index contributed by atoms with van der Waals surface area (Å²) in [6.07, 6.45) is 0.226. The van der Waals surface area contributed by atoms with E-state index in [1.807, 2.05) is 43.3 Å². The van der Waals surface area contributed by atoms with Gasteiger partial charge in [0.15, 0.2) is 0 Å². The van der Waals surface area contributed by atoms with Crippen LogP contribution in [0.4, 0.5) is 5.69 Å². The van der Waals surface area contributed by atoms with E-state index in [4.69, 9.17) is 16.3 Å². The highest BCUT2D eigenvalue weighted by Gasteiger charge is 2.35. The zero-order valence-electron chi connectivity index (χ0n) is 24.9. The monoisotopic (exact) mass is 633 g/mol. The summed E-state index contributed by atoms with van der Waals surface area (Å²) in [5.74, 6) is -0.307. The molecule has 230 valence electrons. The van der Waals surface area contributed by atoms with Crippen LogP contribution in [0.5, 0.6) is 5.75 Å². The lowest BCUT2D eigenvalue weighted by atomic mass is 10.0. The number of carbonyl (C=O) groups is 2. The number of methoxy groups -OCH3 is 1. The van der Waals surface area contributed by atoms with E-state index in [0.717, 1.165) is 15.4 Å². The van der Waals surface area contributed by atoms with Crippen molar-refractivity contribution in [1.29, 1.82) is 0 Å². The van der Waals surface area contributed by atoms with E-state index in [-0.39, 0.29) is 29.5 Å². The van der Waals surface area contributed by atoms with Crippen LogP contribution in [0.1, 0.15) is 23.6 Å². The lowest BCUT2D eigenvalue weighted by Gasteiger charge is -2.34. The van der Waals surface area contributed by atoms with Crippen molar-refractivity contribution < 1.29 is 22.7 Å². The molecule has 0 fully saturated rings. The van der Waals surface area contributed by atoms with Crippen LogP contribution in [0.3, 0.4) is 0 Å². The Kier molecular flexibility index (Phi) is 11.0. The number of hydrogen-bond donors (Lipinski definition) is 1. The Balaban J connectivity index is 1.83. The summed E-state index contributed by atoms with van der Waals surface area (Å²) in [7, 11) is -2.66. The molecule has 0 aromatic heterocycles. The number of nitrogens with zero attached hydrogens (tertiary/aromatic N) is 2. The molecule has 0 spiro atoms. The highest BCUT2D eigenvalue weighted by Crippen LogP contribution is 2.31. The first-order valence-corrected chi connectivity index (χ1v) is 16.0. The third-order valence-corrected chi connectivity index (χ3v) is 9.41. The number of amides is 2. The van der Waals surface area contributed by atoms with E-state index in [1.54, 1.807) is 68.6 Å². The molecule has 1 atom stereocenters. The van der Waals surface area contributed by atoms with Crippen molar-refractivity contribution in [2.45, 2.75) is 37.8 Å². The van der Waals surface area contributed by atoms with Crippen LogP contribution in [0.2, 0.25) is 5.02 Å². The Morgan fingerprint density at radius 1 is 0.886 bits per heavy atom. The van der Waals surface area contributed by atoms with Gasteiger partial charge in [0.25, 0.3) is 10.0 Å². The number of benzene rings is 4. The van der Waals surface area contributed by atoms with Gasteiger partial charge in [-0.1, -0.05) is 78.3 Å². The summed E-state index contributed by atoms with van der Waals surface area (Å²) in [6.45, 7) is 3.35. The average molecular weight is 634 g/mol. The van der Waals surface area contributed by atoms with Crippen LogP contribution < -0.4 is 14.4 Å². The number of hydrogen-bond acceptors (Lipinski definition) is 5. The van der Waals surface area contributed by atoms with Gasteiger partial charge >= 0.3 is 0 Å². The summed E-state index contributed by atoms with van der Waals surface area (Å²) in [5.41, 5.74) is 2.35. The second kappa shape index (κ2) is 14.9. The fourth-order valence-corrected chi connectivity index (χ4v) is 6.58. The van der Waals surface area contributed by atoms with Crippen LogP contribution in [-0.4, -0.2) is 51.4 Å². The smallest absolute Gasteiger partial charge is 0.264 e. The molecular formula is C34H36ClN3O5S. The first-order chi connectivity index (χ1) is 21.1. The van der Waals surface area contributed by atoms with Crippen molar-refractivity contribution in [2.75, 3.05) is 24.5 Å². The minimum Gasteiger partial charge on any atom is -0.497 e. The van der Waals surface area contributed by atoms with Crippen LogP contribution in [-0.2, 0) is 32.6 Å². The van der Waals surface area contributed by atoms with Gasteiger partial charge in [-0.2, -0.15) is 0 Å². The van der Waals surface area contributed by atoms with Crippen molar-refractivity contribution in [2.24, 2.45) is 0 Å². The molecule has 10 heteroatoms. The molecule has 1 N–H and O–H groups in total. The molecule has 44 heavy (non-hydrogen) atoms. The van der Waals surface area contributed by atoms with E-state index < -0.39 is 28.5 Å². The SMILES string of the molecule is CCNC(=O)[C@@H](Cc1ccccc1)N(Cc1cccc(OC)c1)C(=O)CN(c1cccc(Cl)c1C)S(=O)(=O)c1ccccc1. The molecule has 0 aliphatic heterocycles. The maximum Gasteiger partial charge on any atom is 0.264 e. The predicted octanol–water partition coefficient (Wildman–Crippen LogP) is 5.63. The Morgan fingerprint density at radius 3 is 2.18 bits per heavy atom. The van der Waals surface area contributed by atoms with Gasteiger partial charge in [-0.15, -0.1) is 0 Å². The van der Waals surface area contributed by atoms with Gasteiger partial charge in [0.2, 0.25) is 11.8 Å². The number of rotatable bonds is 13. The number of nitrogens with one attached hydrogen (secondary N) is 1. The Labute approximate surface area is 264 Å². The largest absolute Gasteiger partial charge is 0.497 e. The van der Waals surface area contributed by atoms with Crippen LogP contribution >= 0.6 is 11.6 Å². The second-order valence-corrected chi connectivity index (χ2v) is 12.5. The van der Waals surface area contributed by atoms with Crippen LogP contribution in [0, 0.1) is 6.92 Å². The highest BCUT2D eigenvalue weighted by molar-refractivity contribution is 7.92. The quantitative estimate of drug-likeness (QED) is 0.206. The predicted molar refractivity (Wildman–Crippen MR) is 173 cm³/mol. The standard InChI is InChI=1S/C34H36ClN3O5S/c1-4-36-34(40)32(22-26-13-7-5-8-14-26)37(23-27-15-11-16-28(21-27)43-3)33(39)24-38(31-20-12-19-30(35)25(31)2)44(41,42)29-17-9-6-10-18-29/h5-21,32H,4,22-24H2,1-3H3,(H,36,40)/t32-/m1/s1. The van der Waals surface area contributed by atoms with Gasteiger partial charge in [0, 0.05) is 24.5 Å². The molecule has 4 rings (SSSR count). The number of likely N-dealkylation sites (N-methyl/N-ethyl adjacent to an activating group) is 1. The maximum absolute atomic E-state index is 14.5. The molecule has 4 aromatic rings. The minimum atomic E-state index is -4.21. The molecule has 2 amide bonds. The summed E-state index contributed by atoms with van der Waals surface area (Å²) >= 11 is 6.42. The van der Waals surface area contributed by atoms with Crippen molar-refractivity contribution >= 4 is 39.1 Å². The number of ether oxygens (including phenoxy) is 1. The molecule has 8 nitrogen and oxygen atoms in total. The molecule has 0 saturated heterocycles. The number of halogens is 1. The highest BCUT2D eigenvalue weighted by atomic mass is 35.5. The Bertz CT molecular complexity index is 1680. The third kappa shape index (κ3) is 7.78. The fraction of sp³-hybridized carbons (Fsp3) is 0.235. The first-order valence-electron chi connectivity index (χ1n) is 14.2. The molecule has 0 aliphatic rings. The van der Waals surface area contributed by atoms with Gasteiger partial charge in [0.05, 0.1) is 17.7 Å². The lowest BCUT2D eigenvalue weighted by Crippen LogP contribution is -2.53. The number of carbonyl (C=O) groups excluding carboxylic acids is 2. The first kappa shape index (κ1) is 32.6. The van der Waals surface area contributed by atoms with Crippen LogP contribution in [0.25, 0.3) is 0 Å². The van der Waals surface area contributed by atoms with Gasteiger partial charge in [-0.05, 0) is 66.9 Å². The van der Waals surface area contributed by atoms with Gasteiger partial charge in [0.1, 0.15) is 18.3 Å². The zero-order valence-corrected chi connectivity index (χ0v) is 26.5. The molecule has 0 radical (unpaired) electrons. The minimum absolute atomic E-state index is 0.0242. The van der Waals surface area contributed by atoms with E-state index >= 15 is 0 Å². The van der Waals surface area contributed by atoms with Crippen molar-refractivity contribution in [3.63, 3.8) is 0 Å². The van der Waals surface area contributed by atoms with E-state index in [1.165, 1.54) is 17.0 Å². The van der Waals surface area contributed by atoms with Crippen molar-refractivity contribution in [1.82, 2.24) is 10.2 Å². The van der Waals surface area contributed by atoms with Gasteiger partial charge in [-0.25, -0.2) is 8.42 Å². The Hall–Kier alpha value is -4.34. The molecule has 0 unspecified atom stereocenters. The van der Waals surface area contributed by atoms with Gasteiger partial charge < -0.3 is 15.0 Å². The average Bonchev–Trinajstić information content (AvgIpc) is 3.04. The second-order valence-electron chi connectivity index (χ2n) is 10.2. The van der Waals surface area contributed by atoms with E-state index in [9.17, 15) is 18.0 Å². The summed E-state index contributed by atoms with van der Waals surface area (Å²) in [4.78, 5) is 29.5. The number of sulfonamides is 1. The lowest BCUT2D eigenvalue weighted by molar-refractivity contribution is -0.140. The van der Waals surface area contributed by atoms with Crippen molar-refractivity contribution in [3.8, 4) is 5.75 Å². The van der Waals surface area contributed by atoms with Crippen LogP contribution in [0.15, 0.2) is 108 Å². The molecule has 4 aromatic carbocycles. The van der Waals surface area contributed by atoms with Crippen molar-refractivity contribution in [3.05, 3.63) is 125 Å². The maximum atomic E-state index is 14.5. The zero-order chi connectivity index (χ0) is 31.7. The topological polar surface area (TPSA) is 96.0 Å². The summed E-state index contributed by atoms with van der Waals surface area (Å²) in [6, 6.07) is 28.5. The Morgan fingerprint density at radius 2 is 1.52 bits per heavy atom. The molecule has 0 saturated carbocycles. The molecule has 0 aliphatic carbocycles. The summed E-state index contributed by atoms with van der Waals surface area (Å²) in [5, 5.41) is 3.22. The normalized spacial score (nSPS) is 11.8. The molecule has 0 heterocycles. The molecule has 0 bridgehead atoms. The summed E-state index contributed by atoms with van der Waals surface area (Å²) < 4.78 is 34.7. The van der Waals surface area contributed by atoms with E-state index in [0.29, 0.717) is 22.9 Å². The fourth-order valence-electron chi connectivity index (χ4n) is 4.91. The number of anilines is 1.